The van der Waals surface area contributed by atoms with Crippen LogP contribution in [0.3, 0.4) is 0 Å². The van der Waals surface area contributed by atoms with Crippen molar-refractivity contribution in [3.63, 3.8) is 0 Å². The molecule has 4 amide bonds. The summed E-state index contributed by atoms with van der Waals surface area (Å²) in [5.41, 5.74) is 1.32. The predicted octanol–water partition coefficient (Wildman–Crippen LogP) is 1.57. The van der Waals surface area contributed by atoms with E-state index in [1.807, 2.05) is 28.8 Å². The van der Waals surface area contributed by atoms with Crippen LogP contribution in [0.1, 0.15) is 31.4 Å². The molecule has 0 radical (unpaired) electrons. The molecule has 0 unspecified atom stereocenters. The molecule has 2 aliphatic rings. The van der Waals surface area contributed by atoms with Crippen molar-refractivity contribution in [3.05, 3.63) is 36.3 Å². The van der Waals surface area contributed by atoms with Crippen LogP contribution in [0.15, 0.2) is 30.6 Å². The lowest BCUT2D eigenvalue weighted by atomic mass is 10.2. The maximum absolute atomic E-state index is 12.5. The average Bonchev–Trinajstić information content (AvgIpc) is 3.24. The summed E-state index contributed by atoms with van der Waals surface area (Å²) >= 11 is 0. The molecule has 2 fully saturated rings. The van der Waals surface area contributed by atoms with E-state index in [4.69, 9.17) is 0 Å². The summed E-state index contributed by atoms with van der Waals surface area (Å²) in [6, 6.07) is 4.93. The first-order chi connectivity index (χ1) is 11.1. The molecular weight excluding hydrogens is 296 g/mol. The second-order valence-electron chi connectivity index (χ2n) is 5.99. The van der Waals surface area contributed by atoms with Crippen LogP contribution in [-0.2, 0) is 16.1 Å². The van der Waals surface area contributed by atoms with Gasteiger partial charge in [-0.15, -0.1) is 0 Å². The molecule has 7 nitrogen and oxygen atoms in total. The fourth-order valence-corrected chi connectivity index (χ4v) is 3.37. The van der Waals surface area contributed by atoms with Crippen LogP contribution in [0.4, 0.5) is 4.79 Å². The average molecular weight is 312 g/mol. The first-order valence-electron chi connectivity index (χ1n) is 7.77. The predicted molar refractivity (Wildman–Crippen MR) is 80.2 cm³/mol. The molecule has 1 saturated carbocycles. The van der Waals surface area contributed by atoms with Gasteiger partial charge in [0.15, 0.2) is 0 Å². The highest BCUT2D eigenvalue weighted by Gasteiger charge is 2.48. The van der Waals surface area contributed by atoms with Crippen molar-refractivity contribution in [2.45, 2.75) is 38.3 Å². The van der Waals surface area contributed by atoms with Crippen LogP contribution in [0.2, 0.25) is 0 Å². The number of urea groups is 1. The molecule has 2 aromatic heterocycles. The number of imide groups is 2. The third-order valence-electron chi connectivity index (χ3n) is 4.51. The number of carbonyl (C=O) groups is 3. The Balaban J connectivity index is 1.59. The van der Waals surface area contributed by atoms with E-state index in [9.17, 15) is 14.4 Å². The zero-order chi connectivity index (χ0) is 16.0. The number of amides is 4. The summed E-state index contributed by atoms with van der Waals surface area (Å²) in [5, 5.41) is 0. The van der Waals surface area contributed by atoms with E-state index in [1.54, 1.807) is 6.20 Å². The minimum atomic E-state index is -0.751. The zero-order valence-corrected chi connectivity index (χ0v) is 12.5. The number of imidazole rings is 1. The highest BCUT2D eigenvalue weighted by molar-refractivity contribution is 6.44. The van der Waals surface area contributed by atoms with E-state index in [1.165, 1.54) is 0 Å². The lowest BCUT2D eigenvalue weighted by molar-refractivity contribution is -0.144. The largest absolute Gasteiger partial charge is 0.334 e. The van der Waals surface area contributed by atoms with Gasteiger partial charge in [-0.25, -0.2) is 14.7 Å². The Morgan fingerprint density at radius 3 is 2.61 bits per heavy atom. The van der Waals surface area contributed by atoms with Gasteiger partial charge in [-0.05, 0) is 25.0 Å². The van der Waals surface area contributed by atoms with Crippen LogP contribution in [-0.4, -0.2) is 43.1 Å². The van der Waals surface area contributed by atoms with E-state index in [0.29, 0.717) is 5.69 Å². The lowest BCUT2D eigenvalue weighted by Crippen LogP contribution is -2.39. The zero-order valence-electron chi connectivity index (χ0n) is 12.5. The van der Waals surface area contributed by atoms with Crippen LogP contribution in [0, 0.1) is 0 Å². The fourth-order valence-electron chi connectivity index (χ4n) is 3.37. The van der Waals surface area contributed by atoms with Gasteiger partial charge < -0.3 is 4.40 Å². The number of carbonyl (C=O) groups excluding carboxylic acids is 3. The Bertz CT molecular complexity index is 774. The number of fused-ring (bicyclic) bond motifs is 1. The Morgan fingerprint density at radius 1 is 1.09 bits per heavy atom. The molecule has 2 aromatic rings. The summed E-state index contributed by atoms with van der Waals surface area (Å²) in [6.07, 6.45) is 7.15. The topological polar surface area (TPSA) is 75.0 Å². The number of rotatable bonds is 3. The van der Waals surface area contributed by atoms with Crippen molar-refractivity contribution in [3.8, 4) is 0 Å². The van der Waals surface area contributed by atoms with Crippen LogP contribution < -0.4 is 0 Å². The second kappa shape index (κ2) is 5.19. The van der Waals surface area contributed by atoms with Gasteiger partial charge in [-0.1, -0.05) is 18.9 Å². The smallest absolute Gasteiger partial charge is 0.307 e. The SMILES string of the molecule is O=C1C(=O)N(C2CCCC2)C(=O)N1Cc1cn2ccccc2n1. The second-order valence-corrected chi connectivity index (χ2v) is 5.99. The van der Waals surface area contributed by atoms with Gasteiger partial charge in [0.25, 0.3) is 0 Å². The van der Waals surface area contributed by atoms with Gasteiger partial charge in [-0.3, -0.25) is 14.5 Å². The van der Waals surface area contributed by atoms with Crippen LogP contribution in [0.5, 0.6) is 0 Å². The first-order valence-corrected chi connectivity index (χ1v) is 7.77. The summed E-state index contributed by atoms with van der Waals surface area (Å²) in [5.74, 6) is -1.45. The van der Waals surface area contributed by atoms with E-state index in [-0.39, 0.29) is 12.6 Å². The molecule has 0 aromatic carbocycles. The molecule has 3 heterocycles. The van der Waals surface area contributed by atoms with Crippen molar-refractivity contribution >= 4 is 23.5 Å². The molecule has 7 heteroatoms. The fraction of sp³-hybridized carbons (Fsp3) is 0.375. The van der Waals surface area contributed by atoms with E-state index in [2.05, 4.69) is 4.98 Å². The van der Waals surface area contributed by atoms with E-state index in [0.717, 1.165) is 41.1 Å². The van der Waals surface area contributed by atoms with Gasteiger partial charge in [0.2, 0.25) is 0 Å². The Labute approximate surface area is 132 Å². The number of hydrogen-bond acceptors (Lipinski definition) is 4. The number of aromatic nitrogens is 2. The van der Waals surface area contributed by atoms with Crippen molar-refractivity contribution in [2.75, 3.05) is 0 Å². The van der Waals surface area contributed by atoms with Gasteiger partial charge in [0, 0.05) is 18.4 Å². The third-order valence-corrected chi connectivity index (χ3v) is 4.51. The number of pyridine rings is 1. The first kappa shape index (κ1) is 13.9. The number of nitrogens with zero attached hydrogens (tertiary/aromatic N) is 4. The quantitative estimate of drug-likeness (QED) is 0.637. The molecule has 118 valence electrons. The van der Waals surface area contributed by atoms with E-state index >= 15 is 0 Å². The molecule has 23 heavy (non-hydrogen) atoms. The minimum Gasteiger partial charge on any atom is -0.307 e. The Hall–Kier alpha value is -2.70. The molecule has 0 spiro atoms. The molecular formula is C16H16N4O3. The lowest BCUT2D eigenvalue weighted by Gasteiger charge is -2.20. The van der Waals surface area contributed by atoms with Crippen molar-refractivity contribution in [1.29, 1.82) is 0 Å². The van der Waals surface area contributed by atoms with E-state index < -0.39 is 17.8 Å². The van der Waals surface area contributed by atoms with Crippen molar-refractivity contribution in [1.82, 2.24) is 19.2 Å². The van der Waals surface area contributed by atoms with Gasteiger partial charge in [0.1, 0.15) is 5.65 Å². The maximum atomic E-state index is 12.5. The van der Waals surface area contributed by atoms with Gasteiger partial charge in [-0.2, -0.15) is 0 Å². The molecule has 1 saturated heterocycles. The van der Waals surface area contributed by atoms with Crippen molar-refractivity contribution in [2.24, 2.45) is 0 Å². The van der Waals surface area contributed by atoms with Crippen LogP contribution >= 0.6 is 0 Å². The molecule has 0 atom stereocenters. The molecule has 4 rings (SSSR count). The van der Waals surface area contributed by atoms with Gasteiger partial charge >= 0.3 is 17.8 Å². The summed E-state index contributed by atoms with van der Waals surface area (Å²) in [4.78, 5) is 43.4. The summed E-state index contributed by atoms with van der Waals surface area (Å²) in [7, 11) is 0. The molecule has 1 aliphatic carbocycles. The maximum Gasteiger partial charge on any atom is 0.334 e. The highest BCUT2D eigenvalue weighted by Crippen LogP contribution is 2.28. The van der Waals surface area contributed by atoms with Crippen molar-refractivity contribution < 1.29 is 14.4 Å². The summed E-state index contributed by atoms with van der Waals surface area (Å²) in [6.45, 7) is 0.0221. The summed E-state index contributed by atoms with van der Waals surface area (Å²) < 4.78 is 1.82. The Morgan fingerprint density at radius 2 is 1.87 bits per heavy atom. The highest BCUT2D eigenvalue weighted by atomic mass is 16.2. The number of hydrogen-bond donors (Lipinski definition) is 0. The van der Waals surface area contributed by atoms with Gasteiger partial charge in [0.05, 0.1) is 12.2 Å². The third kappa shape index (κ3) is 2.19. The monoisotopic (exact) mass is 312 g/mol. The molecule has 1 aliphatic heterocycles. The standard InChI is InChI=1S/C16H16N4O3/c21-14-15(22)20(12-5-1-2-6-12)16(23)19(14)10-11-9-18-8-4-3-7-13(18)17-11/h3-4,7-9,12H,1-2,5-6,10H2. The minimum absolute atomic E-state index is 0.0221. The molecule has 0 bridgehead atoms. The van der Waals surface area contributed by atoms with Crippen LogP contribution in [0.25, 0.3) is 5.65 Å². The Kier molecular flexibility index (Phi) is 3.14. The normalized spacial score (nSPS) is 19.6. The molecule has 0 N–H and O–H groups in total.